The fourth-order valence-corrected chi connectivity index (χ4v) is 4.22. The predicted octanol–water partition coefficient (Wildman–Crippen LogP) is 4.69. The molecule has 0 atom stereocenters. The maximum atomic E-state index is 6.45. The normalized spacial score (nSPS) is 11.1. The Balaban J connectivity index is 1.45. The van der Waals surface area contributed by atoms with Gasteiger partial charge in [0.2, 0.25) is 5.16 Å². The highest BCUT2D eigenvalue weighted by Crippen LogP contribution is 2.29. The molecule has 2 N–H and O–H groups in total. The molecule has 0 saturated heterocycles. The summed E-state index contributed by atoms with van der Waals surface area (Å²) in [4.78, 5) is 4.60. The minimum Gasteiger partial charge on any atom is -0.497 e. The zero-order valence-electron chi connectivity index (χ0n) is 17.4. The number of methoxy groups -OCH3 is 1. The van der Waals surface area contributed by atoms with Gasteiger partial charge in [0, 0.05) is 22.8 Å². The maximum Gasteiger partial charge on any atom is 0.210 e. The van der Waals surface area contributed by atoms with E-state index in [1.165, 1.54) is 22.0 Å². The molecule has 0 aliphatic rings. The first-order valence-electron chi connectivity index (χ1n) is 9.60. The van der Waals surface area contributed by atoms with Crippen LogP contribution in [0.15, 0.2) is 47.6 Å². The van der Waals surface area contributed by atoms with Gasteiger partial charge in [-0.3, -0.25) is 0 Å². The van der Waals surface area contributed by atoms with Crippen LogP contribution in [0.5, 0.6) is 11.5 Å². The molecule has 2 heterocycles. The summed E-state index contributed by atoms with van der Waals surface area (Å²) in [5, 5.41) is 10.4. The first-order valence-corrected chi connectivity index (χ1v) is 11.0. The summed E-state index contributed by atoms with van der Waals surface area (Å²) in [5.41, 5.74) is 4.18. The molecule has 160 valence electrons. The van der Waals surface area contributed by atoms with Crippen molar-refractivity contribution in [3.05, 3.63) is 70.1 Å². The standard InChI is InChI=1S/C22H22ClN5O2S/c1-13-7-8-15-9-16(21(23)25-20(15)14(13)2)12-31-22-27-26-19(28(22)24)11-30-18-6-4-5-17(10-18)29-3/h4-10H,11-12,24H2,1-3H3. The number of halogens is 1. The van der Waals surface area contributed by atoms with Gasteiger partial charge in [0.25, 0.3) is 0 Å². The minimum absolute atomic E-state index is 0.189. The van der Waals surface area contributed by atoms with Crippen LogP contribution in [-0.2, 0) is 12.4 Å². The molecular weight excluding hydrogens is 434 g/mol. The number of fused-ring (bicyclic) bond motifs is 1. The first kappa shape index (κ1) is 21.3. The SMILES string of the molecule is COc1cccc(OCc2nnc(SCc3cc4ccc(C)c(C)c4nc3Cl)n2N)c1. The molecule has 0 spiro atoms. The Morgan fingerprint density at radius 1 is 1.10 bits per heavy atom. The highest BCUT2D eigenvalue weighted by molar-refractivity contribution is 7.98. The van der Waals surface area contributed by atoms with Crippen molar-refractivity contribution in [1.82, 2.24) is 19.9 Å². The van der Waals surface area contributed by atoms with Crippen LogP contribution in [0.1, 0.15) is 22.5 Å². The Morgan fingerprint density at radius 2 is 1.90 bits per heavy atom. The molecule has 0 aliphatic heterocycles. The van der Waals surface area contributed by atoms with Gasteiger partial charge in [-0.1, -0.05) is 41.6 Å². The van der Waals surface area contributed by atoms with E-state index < -0.39 is 0 Å². The molecule has 9 heteroatoms. The van der Waals surface area contributed by atoms with Gasteiger partial charge in [-0.25, -0.2) is 9.66 Å². The second kappa shape index (κ2) is 9.03. The van der Waals surface area contributed by atoms with Gasteiger partial charge in [-0.05, 0) is 43.2 Å². The Labute approximate surface area is 189 Å². The van der Waals surface area contributed by atoms with Crippen molar-refractivity contribution in [3.8, 4) is 11.5 Å². The summed E-state index contributed by atoms with van der Waals surface area (Å²) in [5.74, 6) is 8.63. The average Bonchev–Trinajstić information content (AvgIpc) is 3.13. The molecule has 4 rings (SSSR count). The molecule has 0 bridgehead atoms. The zero-order chi connectivity index (χ0) is 22.0. The number of hydrogen-bond acceptors (Lipinski definition) is 7. The van der Waals surface area contributed by atoms with Gasteiger partial charge in [-0.15, -0.1) is 10.2 Å². The lowest BCUT2D eigenvalue weighted by Crippen LogP contribution is -2.15. The van der Waals surface area contributed by atoms with E-state index in [-0.39, 0.29) is 6.61 Å². The maximum absolute atomic E-state index is 6.45. The number of aryl methyl sites for hydroxylation is 2. The van der Waals surface area contributed by atoms with Crippen LogP contribution in [0.4, 0.5) is 0 Å². The van der Waals surface area contributed by atoms with Crippen LogP contribution in [-0.4, -0.2) is 27.0 Å². The van der Waals surface area contributed by atoms with Gasteiger partial charge in [0.05, 0.1) is 12.6 Å². The van der Waals surface area contributed by atoms with Crippen LogP contribution in [0, 0.1) is 13.8 Å². The number of thioether (sulfide) groups is 1. The number of nitrogens with zero attached hydrogens (tertiary/aromatic N) is 4. The third-order valence-corrected chi connectivity index (χ3v) is 6.36. The molecule has 0 unspecified atom stereocenters. The molecule has 2 aromatic heterocycles. The third-order valence-electron chi connectivity index (χ3n) is 5.04. The number of hydrogen-bond donors (Lipinski definition) is 1. The minimum atomic E-state index is 0.189. The molecule has 0 aliphatic carbocycles. The number of pyridine rings is 1. The van der Waals surface area contributed by atoms with Crippen molar-refractivity contribution in [3.63, 3.8) is 0 Å². The van der Waals surface area contributed by atoms with Crippen molar-refractivity contribution in [2.75, 3.05) is 13.0 Å². The summed E-state index contributed by atoms with van der Waals surface area (Å²) < 4.78 is 12.4. The largest absolute Gasteiger partial charge is 0.497 e. The van der Waals surface area contributed by atoms with E-state index in [1.54, 1.807) is 13.2 Å². The summed E-state index contributed by atoms with van der Waals surface area (Å²) >= 11 is 7.90. The summed E-state index contributed by atoms with van der Waals surface area (Å²) in [6, 6.07) is 13.6. The number of benzene rings is 2. The Kier molecular flexibility index (Phi) is 6.20. The van der Waals surface area contributed by atoms with Crippen molar-refractivity contribution in [2.45, 2.75) is 31.4 Å². The van der Waals surface area contributed by atoms with Crippen molar-refractivity contribution < 1.29 is 9.47 Å². The van der Waals surface area contributed by atoms with Crippen LogP contribution in [0.3, 0.4) is 0 Å². The molecular formula is C22H22ClN5O2S. The summed E-state index contributed by atoms with van der Waals surface area (Å²) in [6.07, 6.45) is 0. The predicted molar refractivity (Wildman–Crippen MR) is 123 cm³/mol. The van der Waals surface area contributed by atoms with E-state index >= 15 is 0 Å². The second-order valence-corrected chi connectivity index (χ2v) is 8.34. The number of ether oxygens (including phenoxy) is 2. The highest BCUT2D eigenvalue weighted by atomic mass is 35.5. The van der Waals surface area contributed by atoms with Gasteiger partial charge < -0.3 is 15.3 Å². The van der Waals surface area contributed by atoms with E-state index in [4.69, 9.17) is 26.9 Å². The van der Waals surface area contributed by atoms with Crippen molar-refractivity contribution >= 4 is 34.3 Å². The molecule has 0 fully saturated rings. The average molecular weight is 456 g/mol. The van der Waals surface area contributed by atoms with E-state index in [0.29, 0.717) is 33.4 Å². The summed E-state index contributed by atoms with van der Waals surface area (Å²) in [6.45, 7) is 4.31. The zero-order valence-corrected chi connectivity index (χ0v) is 19.0. The first-order chi connectivity index (χ1) is 15.0. The van der Waals surface area contributed by atoms with E-state index in [1.807, 2.05) is 18.2 Å². The van der Waals surface area contributed by atoms with E-state index in [0.717, 1.165) is 22.0 Å². The molecule has 0 radical (unpaired) electrons. The summed E-state index contributed by atoms with van der Waals surface area (Å²) in [7, 11) is 1.61. The monoisotopic (exact) mass is 455 g/mol. The van der Waals surface area contributed by atoms with Crippen molar-refractivity contribution in [2.24, 2.45) is 0 Å². The number of nitrogen functional groups attached to an aromatic ring is 1. The molecule has 0 saturated carbocycles. The molecule has 7 nitrogen and oxygen atoms in total. The third kappa shape index (κ3) is 4.55. The highest BCUT2D eigenvalue weighted by Gasteiger charge is 2.14. The van der Waals surface area contributed by atoms with Crippen LogP contribution in [0.25, 0.3) is 10.9 Å². The van der Waals surface area contributed by atoms with Gasteiger partial charge in [-0.2, -0.15) is 0 Å². The lowest BCUT2D eigenvalue weighted by molar-refractivity contribution is 0.289. The molecule has 0 amide bonds. The number of rotatable bonds is 7. The smallest absolute Gasteiger partial charge is 0.210 e. The molecule has 2 aromatic carbocycles. The fraction of sp³-hybridized carbons (Fsp3) is 0.227. The van der Waals surface area contributed by atoms with Crippen LogP contribution < -0.4 is 15.3 Å². The Morgan fingerprint density at radius 3 is 2.71 bits per heavy atom. The van der Waals surface area contributed by atoms with Gasteiger partial charge >= 0.3 is 0 Å². The van der Waals surface area contributed by atoms with Gasteiger partial charge in [0.15, 0.2) is 5.82 Å². The second-order valence-electron chi connectivity index (χ2n) is 7.04. The Hall–Kier alpha value is -2.97. The van der Waals surface area contributed by atoms with Crippen LogP contribution in [0.2, 0.25) is 5.15 Å². The number of aromatic nitrogens is 4. The van der Waals surface area contributed by atoms with Crippen molar-refractivity contribution in [1.29, 1.82) is 0 Å². The lowest BCUT2D eigenvalue weighted by Gasteiger charge is -2.10. The quantitative estimate of drug-likeness (QED) is 0.245. The lowest BCUT2D eigenvalue weighted by atomic mass is 10.0. The van der Waals surface area contributed by atoms with Gasteiger partial charge in [0.1, 0.15) is 23.3 Å². The number of nitrogens with two attached hydrogens (primary N) is 1. The molecule has 4 aromatic rings. The van der Waals surface area contributed by atoms with Crippen LogP contribution >= 0.6 is 23.4 Å². The van der Waals surface area contributed by atoms with E-state index in [2.05, 4.69) is 47.2 Å². The molecule has 31 heavy (non-hydrogen) atoms. The fourth-order valence-electron chi connectivity index (χ4n) is 3.09. The Bertz CT molecular complexity index is 1240. The van der Waals surface area contributed by atoms with E-state index in [9.17, 15) is 0 Å². The topological polar surface area (TPSA) is 88.1 Å².